The number of alkyl halides is 4. The van der Waals surface area contributed by atoms with E-state index in [1.54, 1.807) is 24.3 Å². The molecule has 2 N–H and O–H groups in total. The van der Waals surface area contributed by atoms with Gasteiger partial charge < -0.3 is 10.6 Å². The van der Waals surface area contributed by atoms with Gasteiger partial charge in [-0.2, -0.15) is 13.2 Å². The van der Waals surface area contributed by atoms with Gasteiger partial charge in [-0.3, -0.25) is 9.59 Å². The van der Waals surface area contributed by atoms with Crippen molar-refractivity contribution in [3.63, 3.8) is 0 Å². The molecule has 0 saturated heterocycles. The van der Waals surface area contributed by atoms with Gasteiger partial charge in [-0.25, -0.2) is 9.97 Å². The SMILES string of the molecule is O=C(CCl)Nc1cc(CSc2ncccc2C(=O)Nc2ccc(C(F)(F)F)cc2)ccn1. The Morgan fingerprint density at radius 3 is 2.44 bits per heavy atom. The molecule has 0 unspecified atom stereocenters. The molecule has 0 fully saturated rings. The quantitative estimate of drug-likeness (QED) is 0.358. The van der Waals surface area contributed by atoms with E-state index >= 15 is 0 Å². The molecule has 166 valence electrons. The number of benzene rings is 1. The molecule has 0 atom stereocenters. The van der Waals surface area contributed by atoms with Crippen LogP contribution in [0.25, 0.3) is 0 Å². The highest BCUT2D eigenvalue weighted by molar-refractivity contribution is 7.98. The van der Waals surface area contributed by atoms with E-state index < -0.39 is 17.6 Å². The lowest BCUT2D eigenvalue weighted by atomic mass is 10.2. The monoisotopic (exact) mass is 480 g/mol. The third-order valence-electron chi connectivity index (χ3n) is 4.07. The molecular formula is C21H16ClF3N4O2S. The first-order chi connectivity index (χ1) is 15.3. The second-order valence-corrected chi connectivity index (χ2v) is 7.64. The predicted octanol–water partition coefficient (Wildman–Crippen LogP) is 5.22. The highest BCUT2D eigenvalue weighted by Crippen LogP contribution is 2.30. The summed E-state index contributed by atoms with van der Waals surface area (Å²) in [5, 5.41) is 5.59. The standard InChI is InChI=1S/C21H16ClF3N4O2S/c22-11-18(30)29-17-10-13(7-9-26-17)12-32-20-16(2-1-8-27-20)19(31)28-15-5-3-14(4-6-15)21(23,24)25/h1-10H,11-12H2,(H,28,31)(H,26,29,30). The van der Waals surface area contributed by atoms with Gasteiger partial charge in [-0.05, 0) is 54.1 Å². The first-order valence-electron chi connectivity index (χ1n) is 9.13. The van der Waals surface area contributed by atoms with Gasteiger partial charge in [0.2, 0.25) is 5.91 Å². The van der Waals surface area contributed by atoms with Crippen molar-refractivity contribution in [3.8, 4) is 0 Å². The highest BCUT2D eigenvalue weighted by Gasteiger charge is 2.30. The van der Waals surface area contributed by atoms with E-state index in [0.717, 1.165) is 17.7 Å². The number of nitrogens with zero attached hydrogens (tertiary/aromatic N) is 2. The largest absolute Gasteiger partial charge is 0.416 e. The van der Waals surface area contributed by atoms with Crippen LogP contribution in [0.15, 0.2) is 66.0 Å². The van der Waals surface area contributed by atoms with Crippen LogP contribution >= 0.6 is 23.4 Å². The van der Waals surface area contributed by atoms with Gasteiger partial charge >= 0.3 is 6.18 Å². The average Bonchev–Trinajstić information content (AvgIpc) is 2.78. The molecular weight excluding hydrogens is 465 g/mol. The average molecular weight is 481 g/mol. The van der Waals surface area contributed by atoms with Crippen LogP contribution in [0.5, 0.6) is 0 Å². The van der Waals surface area contributed by atoms with Crippen molar-refractivity contribution in [2.75, 3.05) is 16.5 Å². The molecule has 0 aliphatic rings. The van der Waals surface area contributed by atoms with Gasteiger partial charge in [0.25, 0.3) is 5.91 Å². The Morgan fingerprint density at radius 2 is 1.75 bits per heavy atom. The summed E-state index contributed by atoms with van der Waals surface area (Å²) in [6.45, 7) is 0. The highest BCUT2D eigenvalue weighted by atomic mass is 35.5. The molecule has 3 aromatic rings. The number of carbonyl (C=O) groups excluding carboxylic acids is 2. The number of nitrogens with one attached hydrogen (secondary N) is 2. The molecule has 0 radical (unpaired) electrons. The normalized spacial score (nSPS) is 11.1. The van der Waals surface area contributed by atoms with E-state index in [1.807, 2.05) is 0 Å². The van der Waals surface area contributed by atoms with E-state index in [-0.39, 0.29) is 23.0 Å². The van der Waals surface area contributed by atoms with Crippen LogP contribution < -0.4 is 10.6 Å². The second-order valence-electron chi connectivity index (χ2n) is 6.41. The zero-order valence-electron chi connectivity index (χ0n) is 16.3. The molecule has 6 nitrogen and oxygen atoms in total. The smallest absolute Gasteiger partial charge is 0.322 e. The van der Waals surface area contributed by atoms with Crippen LogP contribution in [0, 0.1) is 0 Å². The molecule has 2 heterocycles. The van der Waals surface area contributed by atoms with Crippen molar-refractivity contribution in [2.45, 2.75) is 17.0 Å². The molecule has 3 rings (SSSR count). The Hall–Kier alpha value is -3.11. The van der Waals surface area contributed by atoms with Gasteiger partial charge in [-0.15, -0.1) is 23.4 Å². The Labute approximate surface area is 190 Å². The van der Waals surface area contributed by atoms with Crippen molar-refractivity contribution in [3.05, 3.63) is 77.6 Å². The maximum atomic E-state index is 12.7. The van der Waals surface area contributed by atoms with E-state index in [1.165, 1.54) is 36.3 Å². The molecule has 0 aliphatic heterocycles. The fourth-order valence-corrected chi connectivity index (χ4v) is 3.58. The second kappa shape index (κ2) is 10.5. The third kappa shape index (κ3) is 6.44. The topological polar surface area (TPSA) is 84.0 Å². The molecule has 0 aliphatic carbocycles. The van der Waals surface area contributed by atoms with Gasteiger partial charge in [0, 0.05) is 23.8 Å². The Kier molecular flexibility index (Phi) is 7.70. The van der Waals surface area contributed by atoms with Crippen LogP contribution in [-0.2, 0) is 16.7 Å². The zero-order valence-corrected chi connectivity index (χ0v) is 17.9. The minimum atomic E-state index is -4.45. The van der Waals surface area contributed by atoms with E-state index in [0.29, 0.717) is 16.6 Å². The maximum absolute atomic E-state index is 12.7. The molecule has 0 bridgehead atoms. The molecule has 0 saturated carbocycles. The number of carbonyl (C=O) groups is 2. The first-order valence-corrected chi connectivity index (χ1v) is 10.7. The molecule has 32 heavy (non-hydrogen) atoms. The number of anilines is 2. The molecule has 11 heteroatoms. The maximum Gasteiger partial charge on any atom is 0.416 e. The zero-order chi connectivity index (χ0) is 23.1. The third-order valence-corrected chi connectivity index (χ3v) is 5.39. The summed E-state index contributed by atoms with van der Waals surface area (Å²) in [6, 6.07) is 10.8. The fourth-order valence-electron chi connectivity index (χ4n) is 2.58. The summed E-state index contributed by atoms with van der Waals surface area (Å²) in [7, 11) is 0. The number of hydrogen-bond donors (Lipinski definition) is 2. The summed E-state index contributed by atoms with van der Waals surface area (Å²) in [5.74, 6) is -0.272. The predicted molar refractivity (Wildman–Crippen MR) is 117 cm³/mol. The van der Waals surface area contributed by atoms with Gasteiger partial charge in [0.1, 0.15) is 16.7 Å². The van der Waals surface area contributed by atoms with E-state index in [2.05, 4.69) is 20.6 Å². The van der Waals surface area contributed by atoms with Crippen molar-refractivity contribution in [1.82, 2.24) is 9.97 Å². The summed E-state index contributed by atoms with van der Waals surface area (Å²) in [5.41, 5.74) is 0.542. The molecule has 0 spiro atoms. The van der Waals surface area contributed by atoms with Crippen LogP contribution in [0.4, 0.5) is 24.7 Å². The van der Waals surface area contributed by atoms with Crippen molar-refractivity contribution in [2.24, 2.45) is 0 Å². The first kappa shape index (κ1) is 23.6. The minimum absolute atomic E-state index is 0.188. The van der Waals surface area contributed by atoms with Gasteiger partial charge in [-0.1, -0.05) is 0 Å². The number of aromatic nitrogens is 2. The summed E-state index contributed by atoms with van der Waals surface area (Å²) in [6.07, 6.45) is -1.37. The summed E-state index contributed by atoms with van der Waals surface area (Å²) < 4.78 is 38.1. The lowest BCUT2D eigenvalue weighted by molar-refractivity contribution is -0.137. The summed E-state index contributed by atoms with van der Waals surface area (Å²) in [4.78, 5) is 32.4. The van der Waals surface area contributed by atoms with Crippen LogP contribution in [-0.4, -0.2) is 27.7 Å². The lowest BCUT2D eigenvalue weighted by Gasteiger charge is -2.11. The summed E-state index contributed by atoms with van der Waals surface area (Å²) >= 11 is 6.77. The molecule has 1 aromatic carbocycles. The number of amides is 2. The number of pyridine rings is 2. The fraction of sp³-hybridized carbons (Fsp3) is 0.143. The van der Waals surface area contributed by atoms with Gasteiger partial charge in [0.15, 0.2) is 0 Å². The Bertz CT molecular complexity index is 1110. The number of thioether (sulfide) groups is 1. The molecule has 2 aromatic heterocycles. The lowest BCUT2D eigenvalue weighted by Crippen LogP contribution is -2.14. The van der Waals surface area contributed by atoms with Crippen molar-refractivity contribution in [1.29, 1.82) is 0 Å². The Balaban J connectivity index is 1.69. The minimum Gasteiger partial charge on any atom is -0.322 e. The van der Waals surface area contributed by atoms with E-state index in [9.17, 15) is 22.8 Å². The van der Waals surface area contributed by atoms with E-state index in [4.69, 9.17) is 11.6 Å². The van der Waals surface area contributed by atoms with Crippen LogP contribution in [0.2, 0.25) is 0 Å². The van der Waals surface area contributed by atoms with Gasteiger partial charge in [0.05, 0.1) is 11.1 Å². The van der Waals surface area contributed by atoms with Crippen molar-refractivity contribution >= 4 is 46.7 Å². The Morgan fingerprint density at radius 1 is 1.00 bits per heavy atom. The molecule has 2 amide bonds. The van der Waals surface area contributed by atoms with Crippen molar-refractivity contribution < 1.29 is 22.8 Å². The number of halogens is 4. The number of hydrogen-bond acceptors (Lipinski definition) is 5. The van der Waals surface area contributed by atoms with Crippen LogP contribution in [0.1, 0.15) is 21.5 Å². The van der Waals surface area contributed by atoms with Crippen LogP contribution in [0.3, 0.4) is 0 Å². The number of rotatable bonds is 7.